The summed E-state index contributed by atoms with van der Waals surface area (Å²) in [5.74, 6) is 2.18. The standard InChI is InChI=1S/C13H21N3OS/c1-3-12-9-16(5-7-18-12)13(14-2)15-8-11-4-6-17-10-11/h4,6,10,12H,3,5,7-9H2,1-2H3,(H,14,15). The average Bonchev–Trinajstić information content (AvgIpc) is 2.93. The third-order valence-electron chi connectivity index (χ3n) is 3.14. The number of aliphatic imine (C=N–C) groups is 1. The van der Waals surface area contributed by atoms with Crippen LogP contribution in [-0.4, -0.2) is 42.0 Å². The lowest BCUT2D eigenvalue weighted by Gasteiger charge is -2.34. The van der Waals surface area contributed by atoms with Crippen molar-refractivity contribution in [2.75, 3.05) is 25.9 Å². The number of nitrogens with one attached hydrogen (secondary N) is 1. The Morgan fingerprint density at radius 1 is 1.67 bits per heavy atom. The van der Waals surface area contributed by atoms with E-state index in [0.717, 1.165) is 36.4 Å². The van der Waals surface area contributed by atoms with Crippen LogP contribution < -0.4 is 5.32 Å². The van der Waals surface area contributed by atoms with Gasteiger partial charge in [0.05, 0.1) is 12.5 Å². The fraction of sp³-hybridized carbons (Fsp3) is 0.615. The van der Waals surface area contributed by atoms with E-state index >= 15 is 0 Å². The van der Waals surface area contributed by atoms with Crippen LogP contribution in [0.1, 0.15) is 18.9 Å². The third-order valence-corrected chi connectivity index (χ3v) is 4.51. The van der Waals surface area contributed by atoms with Gasteiger partial charge in [0.2, 0.25) is 0 Å². The van der Waals surface area contributed by atoms with Crippen molar-refractivity contribution in [2.45, 2.75) is 25.1 Å². The smallest absolute Gasteiger partial charge is 0.193 e. The second kappa shape index (κ2) is 6.73. The summed E-state index contributed by atoms with van der Waals surface area (Å²) in [7, 11) is 1.85. The fourth-order valence-electron chi connectivity index (χ4n) is 2.07. The van der Waals surface area contributed by atoms with Crippen LogP contribution in [0.4, 0.5) is 0 Å². The Bertz CT molecular complexity index is 378. The highest BCUT2D eigenvalue weighted by atomic mass is 32.2. The minimum absolute atomic E-state index is 0.728. The predicted octanol–water partition coefficient (Wildman–Crippen LogP) is 2.18. The number of hydrogen-bond donors (Lipinski definition) is 1. The molecule has 1 aromatic heterocycles. The first-order valence-electron chi connectivity index (χ1n) is 6.41. The summed E-state index contributed by atoms with van der Waals surface area (Å²) in [6.07, 6.45) is 4.69. The lowest BCUT2D eigenvalue weighted by Crippen LogP contribution is -2.47. The summed E-state index contributed by atoms with van der Waals surface area (Å²) in [6, 6.07) is 1.97. The van der Waals surface area contributed by atoms with Gasteiger partial charge in [0.1, 0.15) is 0 Å². The maximum absolute atomic E-state index is 5.06. The molecule has 1 unspecified atom stereocenters. The van der Waals surface area contributed by atoms with Gasteiger partial charge in [0.15, 0.2) is 5.96 Å². The zero-order valence-corrected chi connectivity index (χ0v) is 11.9. The van der Waals surface area contributed by atoms with Crippen molar-refractivity contribution in [3.63, 3.8) is 0 Å². The Balaban J connectivity index is 1.88. The molecule has 1 saturated heterocycles. The molecule has 2 rings (SSSR count). The van der Waals surface area contributed by atoms with Crippen molar-refractivity contribution >= 4 is 17.7 Å². The molecule has 1 aliphatic rings. The molecule has 0 bridgehead atoms. The van der Waals surface area contributed by atoms with Crippen molar-refractivity contribution < 1.29 is 4.42 Å². The van der Waals surface area contributed by atoms with Gasteiger partial charge in [-0.15, -0.1) is 0 Å². The van der Waals surface area contributed by atoms with E-state index in [1.165, 1.54) is 12.2 Å². The molecule has 1 N–H and O–H groups in total. The van der Waals surface area contributed by atoms with E-state index in [0.29, 0.717) is 0 Å². The quantitative estimate of drug-likeness (QED) is 0.673. The van der Waals surface area contributed by atoms with Gasteiger partial charge < -0.3 is 14.6 Å². The normalized spacial score (nSPS) is 21.1. The minimum atomic E-state index is 0.728. The second-order valence-electron chi connectivity index (χ2n) is 4.38. The Morgan fingerprint density at radius 2 is 2.56 bits per heavy atom. The second-order valence-corrected chi connectivity index (χ2v) is 5.79. The topological polar surface area (TPSA) is 40.8 Å². The molecule has 0 radical (unpaired) electrons. The first kappa shape index (κ1) is 13.3. The van der Waals surface area contributed by atoms with Crippen LogP contribution in [0, 0.1) is 0 Å². The molecule has 5 heteroatoms. The van der Waals surface area contributed by atoms with Gasteiger partial charge in [-0.2, -0.15) is 11.8 Å². The van der Waals surface area contributed by atoms with Crippen LogP contribution in [-0.2, 0) is 6.54 Å². The summed E-state index contributed by atoms with van der Waals surface area (Å²) in [4.78, 5) is 6.72. The van der Waals surface area contributed by atoms with E-state index in [-0.39, 0.29) is 0 Å². The SMILES string of the molecule is CCC1CN(C(=NC)NCc2ccoc2)CCS1. The van der Waals surface area contributed by atoms with Crippen LogP contribution in [0.3, 0.4) is 0 Å². The van der Waals surface area contributed by atoms with Crippen molar-refractivity contribution in [2.24, 2.45) is 4.99 Å². The molecule has 0 aliphatic carbocycles. The number of hydrogen-bond acceptors (Lipinski definition) is 3. The highest BCUT2D eigenvalue weighted by Crippen LogP contribution is 2.21. The number of rotatable bonds is 3. The summed E-state index contributed by atoms with van der Waals surface area (Å²) >= 11 is 2.07. The Hall–Kier alpha value is -1.10. The predicted molar refractivity (Wildman–Crippen MR) is 77.0 cm³/mol. The van der Waals surface area contributed by atoms with Gasteiger partial charge in [-0.1, -0.05) is 6.92 Å². The highest BCUT2D eigenvalue weighted by Gasteiger charge is 2.21. The largest absolute Gasteiger partial charge is 0.472 e. The molecule has 4 nitrogen and oxygen atoms in total. The molecule has 2 heterocycles. The zero-order valence-electron chi connectivity index (χ0n) is 11.1. The minimum Gasteiger partial charge on any atom is -0.472 e. The molecule has 1 aliphatic heterocycles. The molecule has 0 saturated carbocycles. The van der Waals surface area contributed by atoms with Gasteiger partial charge >= 0.3 is 0 Å². The van der Waals surface area contributed by atoms with Crippen molar-refractivity contribution in [3.8, 4) is 0 Å². The van der Waals surface area contributed by atoms with Gasteiger partial charge in [0, 0.05) is 43.2 Å². The maximum atomic E-state index is 5.06. The van der Waals surface area contributed by atoms with E-state index in [1.54, 1.807) is 12.5 Å². The lowest BCUT2D eigenvalue weighted by atomic mass is 10.3. The van der Waals surface area contributed by atoms with Crippen LogP contribution in [0.25, 0.3) is 0 Å². The van der Waals surface area contributed by atoms with E-state index in [9.17, 15) is 0 Å². The van der Waals surface area contributed by atoms with Crippen LogP contribution in [0.2, 0.25) is 0 Å². The third kappa shape index (κ3) is 3.45. The highest BCUT2D eigenvalue weighted by molar-refractivity contribution is 8.00. The zero-order chi connectivity index (χ0) is 12.8. The molecule has 1 aromatic rings. The van der Waals surface area contributed by atoms with Gasteiger partial charge in [-0.3, -0.25) is 4.99 Å². The molecule has 0 aromatic carbocycles. The summed E-state index contributed by atoms with van der Waals surface area (Å²) in [5, 5.41) is 4.12. The summed E-state index contributed by atoms with van der Waals surface area (Å²) in [5.41, 5.74) is 1.15. The van der Waals surface area contributed by atoms with E-state index in [4.69, 9.17) is 4.42 Å². The van der Waals surface area contributed by atoms with Crippen LogP contribution >= 0.6 is 11.8 Å². The average molecular weight is 267 g/mol. The first-order chi connectivity index (χ1) is 8.83. The van der Waals surface area contributed by atoms with Crippen molar-refractivity contribution in [3.05, 3.63) is 24.2 Å². The Kier molecular flexibility index (Phi) is 4.99. The maximum Gasteiger partial charge on any atom is 0.193 e. The lowest BCUT2D eigenvalue weighted by molar-refractivity contribution is 0.408. The summed E-state index contributed by atoms with van der Waals surface area (Å²) in [6.45, 7) is 5.19. The van der Waals surface area contributed by atoms with E-state index in [2.05, 4.69) is 33.9 Å². The molecule has 1 fully saturated rings. The van der Waals surface area contributed by atoms with Crippen molar-refractivity contribution in [1.29, 1.82) is 0 Å². The van der Waals surface area contributed by atoms with Crippen LogP contribution in [0.5, 0.6) is 0 Å². The molecule has 18 heavy (non-hydrogen) atoms. The monoisotopic (exact) mass is 267 g/mol. The van der Waals surface area contributed by atoms with Gasteiger partial charge in [-0.25, -0.2) is 0 Å². The molecular formula is C13H21N3OS. The number of furan rings is 1. The summed E-state index contributed by atoms with van der Waals surface area (Å²) < 4.78 is 5.06. The van der Waals surface area contributed by atoms with Gasteiger partial charge in [0.25, 0.3) is 0 Å². The Morgan fingerprint density at radius 3 is 3.22 bits per heavy atom. The molecule has 100 valence electrons. The van der Waals surface area contributed by atoms with E-state index < -0.39 is 0 Å². The van der Waals surface area contributed by atoms with Crippen molar-refractivity contribution in [1.82, 2.24) is 10.2 Å². The molecule has 0 spiro atoms. The first-order valence-corrected chi connectivity index (χ1v) is 7.46. The van der Waals surface area contributed by atoms with Gasteiger partial charge in [-0.05, 0) is 12.5 Å². The molecule has 0 amide bonds. The van der Waals surface area contributed by atoms with E-state index in [1.807, 2.05) is 13.1 Å². The van der Waals surface area contributed by atoms with Crippen LogP contribution in [0.15, 0.2) is 28.0 Å². The fourth-order valence-corrected chi connectivity index (χ4v) is 3.25. The number of guanidine groups is 1. The number of thioether (sulfide) groups is 1. The molecule has 1 atom stereocenters. The number of nitrogens with zero attached hydrogens (tertiary/aromatic N) is 2. The Labute approximate surface area is 113 Å². The molecular weight excluding hydrogens is 246 g/mol.